The van der Waals surface area contributed by atoms with Crippen LogP contribution in [0.2, 0.25) is 0 Å². The van der Waals surface area contributed by atoms with Crippen molar-refractivity contribution in [1.29, 1.82) is 0 Å². The Kier molecular flexibility index (Phi) is 8.79. The van der Waals surface area contributed by atoms with Crippen molar-refractivity contribution in [3.05, 3.63) is 71.8 Å². The summed E-state index contributed by atoms with van der Waals surface area (Å²) >= 11 is 0. The zero-order valence-electron chi connectivity index (χ0n) is 15.1. The summed E-state index contributed by atoms with van der Waals surface area (Å²) in [5.74, 6) is -0.467. The summed E-state index contributed by atoms with van der Waals surface area (Å²) in [5, 5.41) is 0. The Morgan fingerprint density at radius 1 is 1.00 bits per heavy atom. The summed E-state index contributed by atoms with van der Waals surface area (Å²) in [5.41, 5.74) is 2.26. The molecule has 2 aromatic carbocycles. The normalized spacial score (nSPS) is 12.1. The van der Waals surface area contributed by atoms with Gasteiger partial charge in [-0.2, -0.15) is 0 Å². The van der Waals surface area contributed by atoms with Crippen LogP contribution >= 0.6 is 0 Å². The number of carbonyl (C=O) groups is 1. The second-order valence-electron chi connectivity index (χ2n) is 6.06. The number of rotatable bonds is 11. The summed E-state index contributed by atoms with van der Waals surface area (Å²) in [6.45, 7) is 3.20. The predicted molar refractivity (Wildman–Crippen MR) is 99.3 cm³/mol. The fourth-order valence-electron chi connectivity index (χ4n) is 2.67. The third-order valence-electron chi connectivity index (χ3n) is 3.78. The van der Waals surface area contributed by atoms with Crippen molar-refractivity contribution in [3.63, 3.8) is 0 Å². The molecule has 0 radical (unpaired) electrons. The highest BCUT2D eigenvalue weighted by atomic mass is 19.1. The van der Waals surface area contributed by atoms with E-state index in [0.29, 0.717) is 19.7 Å². The molecule has 0 aliphatic carbocycles. The number of alkyl halides is 1. The molecule has 0 aromatic heterocycles. The second-order valence-corrected chi connectivity index (χ2v) is 6.06. The number of esters is 1. The molecule has 26 heavy (non-hydrogen) atoms. The van der Waals surface area contributed by atoms with Crippen LogP contribution in [0.1, 0.15) is 18.1 Å². The minimum absolute atomic E-state index is 0.126. The van der Waals surface area contributed by atoms with Gasteiger partial charge in [-0.05, 0) is 18.1 Å². The van der Waals surface area contributed by atoms with E-state index in [9.17, 15) is 9.18 Å². The fourth-order valence-corrected chi connectivity index (χ4v) is 2.67. The third kappa shape index (κ3) is 7.76. The highest BCUT2D eigenvalue weighted by molar-refractivity contribution is 5.70. The molecule has 1 unspecified atom stereocenters. The molecule has 0 saturated carbocycles. The van der Waals surface area contributed by atoms with Crippen molar-refractivity contribution < 1.29 is 18.7 Å². The van der Waals surface area contributed by atoms with Crippen LogP contribution in [0.25, 0.3) is 0 Å². The molecule has 1 atom stereocenters. The molecule has 4 nitrogen and oxygen atoms in total. The maximum absolute atomic E-state index is 14.4. The van der Waals surface area contributed by atoms with E-state index in [4.69, 9.17) is 9.47 Å². The molecule has 2 aromatic rings. The van der Waals surface area contributed by atoms with Gasteiger partial charge in [0.15, 0.2) is 0 Å². The van der Waals surface area contributed by atoms with Crippen LogP contribution in [0.15, 0.2) is 60.7 Å². The molecule has 0 bridgehead atoms. The Balaban J connectivity index is 1.89. The van der Waals surface area contributed by atoms with Crippen LogP contribution in [0.5, 0.6) is 0 Å². The number of benzene rings is 2. The topological polar surface area (TPSA) is 38.8 Å². The molecule has 0 heterocycles. The molecule has 140 valence electrons. The Bertz CT molecular complexity index is 595. The van der Waals surface area contributed by atoms with Gasteiger partial charge in [0.05, 0.1) is 13.2 Å². The van der Waals surface area contributed by atoms with Crippen LogP contribution in [-0.4, -0.2) is 43.4 Å². The molecular formula is C21H26FNO3. The van der Waals surface area contributed by atoms with Gasteiger partial charge in [0.1, 0.15) is 12.8 Å². The minimum atomic E-state index is -1.18. The molecule has 0 saturated heterocycles. The van der Waals surface area contributed by atoms with E-state index in [1.807, 2.05) is 65.6 Å². The highest BCUT2D eigenvalue weighted by Gasteiger charge is 2.15. The SMILES string of the molecule is CCOC(=O)COCC(F)CN(Cc1ccccc1)Cc1ccccc1. The maximum Gasteiger partial charge on any atom is 0.332 e. The standard InChI is InChI=1S/C21H26FNO3/c1-2-26-21(24)17-25-16-20(22)15-23(13-18-9-5-3-6-10-18)14-19-11-7-4-8-12-19/h3-12,20H,2,13-17H2,1H3. The number of nitrogens with zero attached hydrogens (tertiary/aromatic N) is 1. The van der Waals surface area contributed by atoms with Crippen molar-refractivity contribution in [1.82, 2.24) is 4.90 Å². The summed E-state index contributed by atoms with van der Waals surface area (Å²) in [4.78, 5) is 13.3. The van der Waals surface area contributed by atoms with E-state index in [1.165, 1.54) is 0 Å². The second kappa shape index (κ2) is 11.4. The monoisotopic (exact) mass is 359 g/mol. The molecule has 0 spiro atoms. The number of hydrogen-bond acceptors (Lipinski definition) is 4. The molecule has 0 fully saturated rings. The highest BCUT2D eigenvalue weighted by Crippen LogP contribution is 2.12. The first kappa shape index (κ1) is 20.1. The molecule has 0 aliphatic rings. The van der Waals surface area contributed by atoms with Crippen LogP contribution < -0.4 is 0 Å². The van der Waals surface area contributed by atoms with Gasteiger partial charge in [0.25, 0.3) is 0 Å². The van der Waals surface area contributed by atoms with E-state index >= 15 is 0 Å². The average Bonchev–Trinajstić information content (AvgIpc) is 2.63. The van der Waals surface area contributed by atoms with E-state index in [2.05, 4.69) is 0 Å². The molecule has 5 heteroatoms. The number of halogens is 1. The largest absolute Gasteiger partial charge is 0.464 e. The molecule has 0 amide bonds. The van der Waals surface area contributed by atoms with Gasteiger partial charge in [0.2, 0.25) is 0 Å². The van der Waals surface area contributed by atoms with Gasteiger partial charge in [-0.3, -0.25) is 4.90 Å². The molecule has 0 N–H and O–H groups in total. The van der Waals surface area contributed by atoms with E-state index in [-0.39, 0.29) is 19.8 Å². The first-order valence-electron chi connectivity index (χ1n) is 8.85. The van der Waals surface area contributed by atoms with Crippen molar-refractivity contribution in [2.75, 3.05) is 26.4 Å². The lowest BCUT2D eigenvalue weighted by atomic mass is 10.1. The summed E-state index contributed by atoms with van der Waals surface area (Å²) < 4.78 is 24.3. The summed E-state index contributed by atoms with van der Waals surface area (Å²) in [6.07, 6.45) is -1.18. The number of carbonyl (C=O) groups excluding carboxylic acids is 1. The lowest BCUT2D eigenvalue weighted by molar-refractivity contribution is -0.149. The average molecular weight is 359 g/mol. The molecule has 0 aliphatic heterocycles. The van der Waals surface area contributed by atoms with Crippen LogP contribution in [-0.2, 0) is 27.4 Å². The first-order valence-corrected chi connectivity index (χ1v) is 8.85. The summed E-state index contributed by atoms with van der Waals surface area (Å²) in [7, 11) is 0. The van der Waals surface area contributed by atoms with E-state index < -0.39 is 12.1 Å². The van der Waals surface area contributed by atoms with Gasteiger partial charge < -0.3 is 9.47 Å². The smallest absolute Gasteiger partial charge is 0.332 e. The van der Waals surface area contributed by atoms with Gasteiger partial charge in [-0.1, -0.05) is 60.7 Å². The number of ether oxygens (including phenoxy) is 2. The fraction of sp³-hybridized carbons (Fsp3) is 0.381. The van der Waals surface area contributed by atoms with Crippen molar-refractivity contribution in [2.24, 2.45) is 0 Å². The minimum Gasteiger partial charge on any atom is -0.464 e. The predicted octanol–water partition coefficient (Wildman–Crippen LogP) is 3.61. The lowest BCUT2D eigenvalue weighted by Gasteiger charge is -2.24. The quantitative estimate of drug-likeness (QED) is 0.575. The zero-order valence-corrected chi connectivity index (χ0v) is 15.1. The Hall–Kier alpha value is -2.24. The molecule has 2 rings (SSSR count). The summed E-state index contributed by atoms with van der Waals surface area (Å²) in [6, 6.07) is 20.0. The third-order valence-corrected chi connectivity index (χ3v) is 3.78. The Labute approximate surface area is 154 Å². The zero-order chi connectivity index (χ0) is 18.6. The lowest BCUT2D eigenvalue weighted by Crippen LogP contribution is -2.32. The van der Waals surface area contributed by atoms with Crippen LogP contribution in [0, 0.1) is 0 Å². The molecular weight excluding hydrogens is 333 g/mol. The van der Waals surface area contributed by atoms with Crippen molar-refractivity contribution >= 4 is 5.97 Å². The maximum atomic E-state index is 14.4. The number of hydrogen-bond donors (Lipinski definition) is 0. The van der Waals surface area contributed by atoms with Gasteiger partial charge in [-0.15, -0.1) is 0 Å². The Morgan fingerprint density at radius 3 is 2.04 bits per heavy atom. The van der Waals surface area contributed by atoms with Gasteiger partial charge >= 0.3 is 5.97 Å². The van der Waals surface area contributed by atoms with Gasteiger partial charge in [0, 0.05) is 19.6 Å². The Morgan fingerprint density at radius 2 is 1.54 bits per heavy atom. The van der Waals surface area contributed by atoms with E-state index in [0.717, 1.165) is 11.1 Å². The van der Waals surface area contributed by atoms with Crippen LogP contribution in [0.3, 0.4) is 0 Å². The van der Waals surface area contributed by atoms with Crippen LogP contribution in [0.4, 0.5) is 4.39 Å². The van der Waals surface area contributed by atoms with Crippen molar-refractivity contribution in [2.45, 2.75) is 26.2 Å². The van der Waals surface area contributed by atoms with E-state index in [1.54, 1.807) is 6.92 Å². The van der Waals surface area contributed by atoms with Crippen molar-refractivity contribution in [3.8, 4) is 0 Å². The first-order chi connectivity index (χ1) is 12.7. The van der Waals surface area contributed by atoms with Gasteiger partial charge in [-0.25, -0.2) is 9.18 Å².